The lowest BCUT2D eigenvalue weighted by Gasteiger charge is -2.30. The molecule has 0 saturated carbocycles. The standard InChI is InChI=1S/C23H32N2O5/c1-26-19-8-6-7-17(23(19)30-5)15-24-9-11-25(12-10-24)16-18-13-21(28-3)22(29-4)14-20(18)27-2/h6-8,13-14H,9-12,15-16H2,1-5H3/p+2. The highest BCUT2D eigenvalue weighted by atomic mass is 16.5. The number of hydrogen-bond acceptors (Lipinski definition) is 5. The Morgan fingerprint density at radius 3 is 1.67 bits per heavy atom. The Hall–Kier alpha value is -2.64. The quantitative estimate of drug-likeness (QED) is 0.610. The van der Waals surface area contributed by atoms with Crippen molar-refractivity contribution < 1.29 is 33.5 Å². The third kappa shape index (κ3) is 4.91. The number of nitrogens with one attached hydrogen (secondary N) is 2. The number of para-hydroxylation sites is 1. The molecular formula is C23H34N2O5+2. The van der Waals surface area contributed by atoms with Crippen LogP contribution >= 0.6 is 0 Å². The van der Waals surface area contributed by atoms with Crippen LogP contribution in [0.2, 0.25) is 0 Å². The minimum absolute atomic E-state index is 0.689. The van der Waals surface area contributed by atoms with Crippen LogP contribution in [0.1, 0.15) is 11.1 Å². The molecule has 7 heteroatoms. The van der Waals surface area contributed by atoms with Crippen LogP contribution in [-0.2, 0) is 13.1 Å². The maximum absolute atomic E-state index is 5.60. The van der Waals surface area contributed by atoms with Gasteiger partial charge in [-0.2, -0.15) is 0 Å². The molecule has 1 aliphatic heterocycles. The van der Waals surface area contributed by atoms with Gasteiger partial charge in [-0.1, -0.05) is 6.07 Å². The summed E-state index contributed by atoms with van der Waals surface area (Å²) in [4.78, 5) is 3.10. The Morgan fingerprint density at radius 1 is 0.600 bits per heavy atom. The second-order valence-electron chi connectivity index (χ2n) is 7.53. The Labute approximate surface area is 179 Å². The molecule has 7 nitrogen and oxygen atoms in total. The largest absolute Gasteiger partial charge is 0.496 e. The summed E-state index contributed by atoms with van der Waals surface area (Å²) < 4.78 is 27.5. The average Bonchev–Trinajstić information content (AvgIpc) is 2.79. The third-order valence-corrected chi connectivity index (χ3v) is 5.82. The summed E-state index contributed by atoms with van der Waals surface area (Å²) in [6, 6.07) is 10.0. The highest BCUT2D eigenvalue weighted by molar-refractivity contribution is 5.50. The van der Waals surface area contributed by atoms with Gasteiger partial charge in [0.15, 0.2) is 23.0 Å². The van der Waals surface area contributed by atoms with Gasteiger partial charge in [0.05, 0.1) is 46.7 Å². The predicted octanol–water partition coefficient (Wildman–Crippen LogP) is 0.213. The van der Waals surface area contributed by atoms with Crippen molar-refractivity contribution in [3.8, 4) is 28.7 Å². The second-order valence-corrected chi connectivity index (χ2v) is 7.53. The number of rotatable bonds is 9. The number of methoxy groups -OCH3 is 5. The van der Waals surface area contributed by atoms with Crippen LogP contribution in [0, 0.1) is 0 Å². The van der Waals surface area contributed by atoms with E-state index in [1.54, 1.807) is 45.3 Å². The van der Waals surface area contributed by atoms with Gasteiger partial charge in [0.2, 0.25) is 0 Å². The number of ether oxygens (including phenoxy) is 5. The molecule has 164 valence electrons. The van der Waals surface area contributed by atoms with Gasteiger partial charge in [-0.25, -0.2) is 0 Å². The molecule has 30 heavy (non-hydrogen) atoms. The maximum Gasteiger partial charge on any atom is 0.169 e. The summed E-state index contributed by atoms with van der Waals surface area (Å²) in [5, 5.41) is 0. The molecule has 2 aromatic carbocycles. The average molecular weight is 419 g/mol. The van der Waals surface area contributed by atoms with Crippen LogP contribution in [0.15, 0.2) is 30.3 Å². The number of benzene rings is 2. The predicted molar refractivity (Wildman–Crippen MR) is 114 cm³/mol. The lowest BCUT2D eigenvalue weighted by Crippen LogP contribution is -3.27. The Kier molecular flexibility index (Phi) is 7.65. The van der Waals surface area contributed by atoms with Gasteiger partial charge in [-0.15, -0.1) is 0 Å². The lowest BCUT2D eigenvalue weighted by atomic mass is 10.1. The monoisotopic (exact) mass is 418 g/mol. The second kappa shape index (κ2) is 10.4. The lowest BCUT2D eigenvalue weighted by molar-refractivity contribution is -1.02. The molecule has 1 saturated heterocycles. The minimum Gasteiger partial charge on any atom is -0.496 e. The van der Waals surface area contributed by atoms with Gasteiger partial charge in [0, 0.05) is 6.07 Å². The first kappa shape index (κ1) is 22.1. The first-order valence-electron chi connectivity index (χ1n) is 10.3. The van der Waals surface area contributed by atoms with E-state index in [2.05, 4.69) is 6.07 Å². The molecule has 0 radical (unpaired) electrons. The van der Waals surface area contributed by atoms with Crippen molar-refractivity contribution in [2.24, 2.45) is 0 Å². The molecule has 0 bridgehead atoms. The van der Waals surface area contributed by atoms with Crippen molar-refractivity contribution in [1.29, 1.82) is 0 Å². The van der Waals surface area contributed by atoms with Crippen LogP contribution in [0.25, 0.3) is 0 Å². The Balaban J connectivity index is 1.63. The normalized spacial score (nSPS) is 18.6. The van der Waals surface area contributed by atoms with Crippen LogP contribution in [-0.4, -0.2) is 61.7 Å². The summed E-state index contributed by atoms with van der Waals surface area (Å²) in [6.45, 7) is 6.24. The number of quaternary nitrogens is 2. The van der Waals surface area contributed by atoms with E-state index in [0.29, 0.717) is 5.75 Å². The van der Waals surface area contributed by atoms with Crippen molar-refractivity contribution in [2.75, 3.05) is 61.7 Å². The molecule has 2 N–H and O–H groups in total. The first-order chi connectivity index (χ1) is 14.6. The zero-order valence-electron chi connectivity index (χ0n) is 18.7. The van der Waals surface area contributed by atoms with Gasteiger partial charge < -0.3 is 33.5 Å². The van der Waals surface area contributed by atoms with Crippen LogP contribution < -0.4 is 33.5 Å². The zero-order chi connectivity index (χ0) is 21.5. The number of piperazine rings is 1. The maximum atomic E-state index is 5.60. The molecule has 0 atom stereocenters. The van der Waals surface area contributed by atoms with E-state index >= 15 is 0 Å². The van der Waals surface area contributed by atoms with E-state index in [-0.39, 0.29) is 0 Å². The first-order valence-corrected chi connectivity index (χ1v) is 10.3. The van der Waals surface area contributed by atoms with Gasteiger partial charge >= 0.3 is 0 Å². The van der Waals surface area contributed by atoms with Crippen LogP contribution in [0.5, 0.6) is 28.7 Å². The van der Waals surface area contributed by atoms with Crippen molar-refractivity contribution in [3.63, 3.8) is 0 Å². The van der Waals surface area contributed by atoms with Gasteiger partial charge in [-0.05, 0) is 18.2 Å². The van der Waals surface area contributed by atoms with E-state index in [9.17, 15) is 0 Å². The van der Waals surface area contributed by atoms with E-state index in [1.165, 1.54) is 5.56 Å². The van der Waals surface area contributed by atoms with Gasteiger partial charge in [0.1, 0.15) is 45.0 Å². The summed E-state index contributed by atoms with van der Waals surface area (Å²) in [7, 11) is 8.38. The molecule has 0 spiro atoms. The summed E-state index contributed by atoms with van der Waals surface area (Å²) >= 11 is 0. The highest BCUT2D eigenvalue weighted by Gasteiger charge is 2.26. The van der Waals surface area contributed by atoms with Crippen molar-refractivity contribution in [2.45, 2.75) is 13.1 Å². The molecule has 1 heterocycles. The van der Waals surface area contributed by atoms with Crippen LogP contribution in [0.4, 0.5) is 0 Å². The van der Waals surface area contributed by atoms with Crippen molar-refractivity contribution >= 4 is 0 Å². The summed E-state index contributed by atoms with van der Waals surface area (Å²) in [5.74, 6) is 3.91. The fourth-order valence-corrected chi connectivity index (χ4v) is 4.17. The highest BCUT2D eigenvalue weighted by Crippen LogP contribution is 2.34. The SMILES string of the molecule is COc1cc(OC)c(OC)cc1C[NH+]1CC[NH+](Cc2cccc(OC)c2OC)CC1. The molecule has 1 fully saturated rings. The molecule has 0 aliphatic carbocycles. The van der Waals surface area contributed by atoms with Crippen molar-refractivity contribution in [3.05, 3.63) is 41.5 Å². The number of hydrogen-bond donors (Lipinski definition) is 2. The van der Waals surface area contributed by atoms with Crippen LogP contribution in [0.3, 0.4) is 0 Å². The molecule has 0 unspecified atom stereocenters. The van der Waals surface area contributed by atoms with E-state index in [0.717, 1.165) is 67.8 Å². The fourth-order valence-electron chi connectivity index (χ4n) is 4.17. The Bertz CT molecular complexity index is 835. The smallest absolute Gasteiger partial charge is 0.169 e. The third-order valence-electron chi connectivity index (χ3n) is 5.82. The minimum atomic E-state index is 0.689. The summed E-state index contributed by atoms with van der Waals surface area (Å²) in [6.07, 6.45) is 0. The molecule has 3 rings (SSSR count). The van der Waals surface area contributed by atoms with Crippen molar-refractivity contribution in [1.82, 2.24) is 0 Å². The summed E-state index contributed by atoms with van der Waals surface area (Å²) in [5.41, 5.74) is 2.33. The van der Waals surface area contributed by atoms with E-state index in [4.69, 9.17) is 23.7 Å². The Morgan fingerprint density at radius 2 is 1.13 bits per heavy atom. The molecule has 1 aliphatic rings. The fraction of sp³-hybridized carbons (Fsp3) is 0.478. The zero-order valence-corrected chi connectivity index (χ0v) is 18.7. The molecule has 0 aromatic heterocycles. The van der Waals surface area contributed by atoms with Gasteiger partial charge in [0.25, 0.3) is 0 Å². The van der Waals surface area contributed by atoms with E-state index in [1.807, 2.05) is 24.3 Å². The molecular weight excluding hydrogens is 384 g/mol. The molecule has 0 amide bonds. The van der Waals surface area contributed by atoms with Gasteiger partial charge in [-0.3, -0.25) is 0 Å². The topological polar surface area (TPSA) is 55.0 Å². The van der Waals surface area contributed by atoms with E-state index < -0.39 is 0 Å². The molecule has 2 aromatic rings.